The van der Waals surface area contributed by atoms with Crippen LogP contribution in [0, 0.1) is 5.82 Å². The second kappa shape index (κ2) is 8.61. The molecule has 0 aliphatic carbocycles. The number of hydrogen-bond acceptors (Lipinski definition) is 9. The summed E-state index contributed by atoms with van der Waals surface area (Å²) in [6, 6.07) is 3.12. The van der Waals surface area contributed by atoms with Crippen LogP contribution in [0.3, 0.4) is 0 Å². The molecule has 1 saturated heterocycles. The number of nitrogens with two attached hydrogens (primary N) is 1. The summed E-state index contributed by atoms with van der Waals surface area (Å²) in [5, 5.41) is 29.0. The third-order valence-electron chi connectivity index (χ3n) is 6.63. The van der Waals surface area contributed by atoms with Crippen molar-refractivity contribution < 1.29 is 19.3 Å². The topological polar surface area (TPSA) is 140 Å². The maximum Gasteiger partial charge on any atom is 0.223 e. The molecule has 35 heavy (non-hydrogen) atoms. The molecule has 186 valence electrons. The summed E-state index contributed by atoms with van der Waals surface area (Å²) in [6.07, 6.45) is 5.43. The van der Waals surface area contributed by atoms with Gasteiger partial charge in [-0.2, -0.15) is 9.61 Å². The Bertz CT molecular complexity index is 1380. The van der Waals surface area contributed by atoms with E-state index >= 15 is 0 Å². The van der Waals surface area contributed by atoms with E-state index in [2.05, 4.69) is 27.0 Å². The standard InChI is InChI=1S/C23H29FN8O3/c1-13-4-5-14(9-31(13)15-8-26-30(10-15)11-23(2,34)12-33)20-28-21-16-6-17(24)19(35-3)7-18(16)27-22(25)32(21)29-20/h6-8,10,13-14,33-34H,4-5,9,11-12H2,1-3H3,(H2,25,27)/t13-,14+,23+/m0/s1. The van der Waals surface area contributed by atoms with Crippen LogP contribution in [0.4, 0.5) is 16.0 Å². The fourth-order valence-corrected chi connectivity index (χ4v) is 4.64. The van der Waals surface area contributed by atoms with Crippen LogP contribution in [-0.2, 0) is 6.54 Å². The van der Waals surface area contributed by atoms with E-state index < -0.39 is 11.4 Å². The Kier molecular flexibility index (Phi) is 5.72. The first kappa shape index (κ1) is 23.2. The Morgan fingerprint density at radius 3 is 2.83 bits per heavy atom. The first-order valence-corrected chi connectivity index (χ1v) is 11.5. The molecule has 0 spiro atoms. The molecule has 0 unspecified atom stereocenters. The minimum absolute atomic E-state index is 0.0209. The lowest BCUT2D eigenvalue weighted by molar-refractivity contribution is -0.0145. The molecule has 12 heteroatoms. The van der Waals surface area contributed by atoms with E-state index in [-0.39, 0.29) is 36.8 Å². The van der Waals surface area contributed by atoms with Gasteiger partial charge in [-0.05, 0) is 32.8 Å². The van der Waals surface area contributed by atoms with Gasteiger partial charge in [0.25, 0.3) is 0 Å². The molecule has 1 fully saturated rings. The SMILES string of the molecule is COc1cc2nc(N)n3nc([C@@H]4CC[C@H](C)N(c5cnn(C[C@@](C)(O)CO)c5)C4)nc3c2cc1F. The molecule has 0 amide bonds. The van der Waals surface area contributed by atoms with Gasteiger partial charge < -0.3 is 25.6 Å². The number of fused-ring (bicyclic) bond motifs is 3. The first-order chi connectivity index (χ1) is 16.7. The second-order valence-electron chi connectivity index (χ2n) is 9.51. The van der Waals surface area contributed by atoms with Crippen molar-refractivity contribution in [2.24, 2.45) is 0 Å². The van der Waals surface area contributed by atoms with Crippen molar-refractivity contribution in [2.75, 3.05) is 30.9 Å². The van der Waals surface area contributed by atoms with Crippen LogP contribution in [0.5, 0.6) is 5.75 Å². The van der Waals surface area contributed by atoms with Crippen molar-refractivity contribution in [1.29, 1.82) is 0 Å². The molecule has 4 N–H and O–H groups in total. The van der Waals surface area contributed by atoms with Gasteiger partial charge in [-0.25, -0.2) is 14.4 Å². The molecule has 3 atom stereocenters. The summed E-state index contributed by atoms with van der Waals surface area (Å²) in [5.74, 6) is 0.389. The molecular weight excluding hydrogens is 455 g/mol. The molecule has 0 saturated carbocycles. The summed E-state index contributed by atoms with van der Waals surface area (Å²) >= 11 is 0. The van der Waals surface area contributed by atoms with E-state index in [0.29, 0.717) is 28.9 Å². The Hall–Kier alpha value is -3.51. The van der Waals surface area contributed by atoms with Crippen molar-refractivity contribution in [3.8, 4) is 5.75 Å². The number of nitrogens with zero attached hydrogens (tertiary/aromatic N) is 7. The number of rotatable bonds is 6. The minimum atomic E-state index is -1.25. The highest BCUT2D eigenvalue weighted by molar-refractivity contribution is 5.93. The van der Waals surface area contributed by atoms with Crippen molar-refractivity contribution >= 4 is 28.2 Å². The number of aromatic nitrogens is 6. The monoisotopic (exact) mass is 484 g/mol. The van der Waals surface area contributed by atoms with Gasteiger partial charge in [0.2, 0.25) is 5.95 Å². The zero-order chi connectivity index (χ0) is 24.9. The highest BCUT2D eigenvalue weighted by atomic mass is 19.1. The van der Waals surface area contributed by atoms with E-state index in [0.717, 1.165) is 18.5 Å². The van der Waals surface area contributed by atoms with Gasteiger partial charge in [-0.1, -0.05) is 0 Å². The van der Waals surface area contributed by atoms with Crippen molar-refractivity contribution in [1.82, 2.24) is 29.4 Å². The molecule has 3 aromatic heterocycles. The predicted molar refractivity (Wildman–Crippen MR) is 128 cm³/mol. The molecule has 4 heterocycles. The highest BCUT2D eigenvalue weighted by Gasteiger charge is 2.31. The van der Waals surface area contributed by atoms with Crippen LogP contribution in [0.25, 0.3) is 16.6 Å². The first-order valence-electron chi connectivity index (χ1n) is 11.5. The lowest BCUT2D eigenvalue weighted by Crippen LogP contribution is -2.41. The number of benzene rings is 1. The summed E-state index contributed by atoms with van der Waals surface area (Å²) < 4.78 is 22.6. The Labute approximate surface area is 200 Å². The molecule has 1 aromatic carbocycles. The quantitative estimate of drug-likeness (QED) is 0.373. The fourth-order valence-electron chi connectivity index (χ4n) is 4.64. The number of anilines is 2. The zero-order valence-electron chi connectivity index (χ0n) is 19.9. The molecule has 0 bridgehead atoms. The Morgan fingerprint density at radius 1 is 1.29 bits per heavy atom. The summed E-state index contributed by atoms with van der Waals surface area (Å²) in [5.41, 5.74) is 6.76. The van der Waals surface area contributed by atoms with Crippen LogP contribution in [0.2, 0.25) is 0 Å². The maximum atomic E-state index is 14.4. The van der Waals surface area contributed by atoms with Crippen LogP contribution in [0.1, 0.15) is 38.4 Å². The minimum Gasteiger partial charge on any atom is -0.494 e. The third kappa shape index (κ3) is 4.23. The number of nitrogen functional groups attached to an aromatic ring is 1. The Morgan fingerprint density at radius 2 is 2.09 bits per heavy atom. The number of hydrogen-bond donors (Lipinski definition) is 3. The number of ether oxygens (including phenoxy) is 1. The lowest BCUT2D eigenvalue weighted by Gasteiger charge is -2.37. The smallest absolute Gasteiger partial charge is 0.223 e. The average molecular weight is 485 g/mol. The number of piperidine rings is 1. The second-order valence-corrected chi connectivity index (χ2v) is 9.51. The number of aliphatic hydroxyl groups excluding tert-OH is 1. The van der Waals surface area contributed by atoms with E-state index in [1.807, 2.05) is 6.20 Å². The lowest BCUT2D eigenvalue weighted by atomic mass is 9.92. The summed E-state index contributed by atoms with van der Waals surface area (Å²) in [4.78, 5) is 11.4. The molecule has 1 aliphatic rings. The van der Waals surface area contributed by atoms with Gasteiger partial charge >= 0.3 is 0 Å². The largest absolute Gasteiger partial charge is 0.494 e. The summed E-state index contributed by atoms with van der Waals surface area (Å²) in [6.45, 7) is 4.21. The molecule has 0 radical (unpaired) electrons. The molecule has 4 aromatic rings. The molecule has 5 rings (SSSR count). The van der Waals surface area contributed by atoms with Gasteiger partial charge in [0.15, 0.2) is 23.0 Å². The van der Waals surface area contributed by atoms with Gasteiger partial charge in [0.05, 0.1) is 37.7 Å². The highest BCUT2D eigenvalue weighted by Crippen LogP contribution is 2.34. The number of methoxy groups -OCH3 is 1. The Balaban J connectivity index is 1.46. The average Bonchev–Trinajstić information content (AvgIpc) is 3.47. The van der Waals surface area contributed by atoms with Crippen molar-refractivity contribution in [3.05, 3.63) is 36.2 Å². The van der Waals surface area contributed by atoms with Gasteiger partial charge in [-0.15, -0.1) is 5.10 Å². The van der Waals surface area contributed by atoms with Crippen LogP contribution in [-0.4, -0.2) is 71.5 Å². The molecule has 11 nitrogen and oxygen atoms in total. The fraction of sp³-hybridized carbons (Fsp3) is 0.478. The van der Waals surface area contributed by atoms with Gasteiger partial charge in [-0.3, -0.25) is 4.68 Å². The molecular formula is C23H29FN8O3. The van der Waals surface area contributed by atoms with Crippen LogP contribution in [0.15, 0.2) is 24.5 Å². The van der Waals surface area contributed by atoms with Crippen LogP contribution >= 0.6 is 0 Å². The predicted octanol–water partition coefficient (Wildman–Crippen LogP) is 1.72. The molecule has 1 aliphatic heterocycles. The van der Waals surface area contributed by atoms with E-state index in [1.165, 1.54) is 23.8 Å². The number of aliphatic hydroxyl groups is 2. The van der Waals surface area contributed by atoms with Crippen molar-refractivity contribution in [2.45, 2.75) is 50.8 Å². The number of halogens is 1. The van der Waals surface area contributed by atoms with E-state index in [1.54, 1.807) is 17.8 Å². The summed E-state index contributed by atoms with van der Waals surface area (Å²) in [7, 11) is 1.40. The van der Waals surface area contributed by atoms with Crippen LogP contribution < -0.4 is 15.4 Å². The van der Waals surface area contributed by atoms with Gasteiger partial charge in [0.1, 0.15) is 5.60 Å². The third-order valence-corrected chi connectivity index (χ3v) is 6.63. The normalized spacial score (nSPS) is 20.5. The van der Waals surface area contributed by atoms with E-state index in [9.17, 15) is 14.6 Å². The zero-order valence-corrected chi connectivity index (χ0v) is 19.9. The van der Waals surface area contributed by atoms with Gasteiger partial charge in [0, 0.05) is 36.2 Å². The van der Waals surface area contributed by atoms with Crippen molar-refractivity contribution in [3.63, 3.8) is 0 Å². The van der Waals surface area contributed by atoms with E-state index in [4.69, 9.17) is 15.5 Å². The maximum absolute atomic E-state index is 14.4.